The first-order valence-corrected chi connectivity index (χ1v) is 10.1. The lowest BCUT2D eigenvalue weighted by Gasteiger charge is -2.24. The monoisotopic (exact) mass is 421 g/mol. The van der Waals surface area contributed by atoms with E-state index in [9.17, 15) is 19.2 Å². The lowest BCUT2D eigenvalue weighted by Crippen LogP contribution is -2.42. The molecule has 1 fully saturated rings. The van der Waals surface area contributed by atoms with Crippen LogP contribution in [0.4, 0.5) is 10.5 Å². The number of benzene rings is 2. The van der Waals surface area contributed by atoms with Gasteiger partial charge in [0.1, 0.15) is 12.1 Å². The van der Waals surface area contributed by atoms with E-state index in [1.807, 2.05) is 24.3 Å². The van der Waals surface area contributed by atoms with Crippen molar-refractivity contribution < 1.29 is 19.2 Å². The molecule has 7 heteroatoms. The minimum atomic E-state index is -1.26. The van der Waals surface area contributed by atoms with E-state index in [1.165, 1.54) is 6.92 Å². The van der Waals surface area contributed by atoms with Gasteiger partial charge in [0.25, 0.3) is 5.91 Å². The number of rotatable bonds is 5. The molecule has 2 aromatic rings. The standard InChI is InChI=1S/C24H27N3O4/c1-15(28)18-8-6-7-9-19(18)25-20(29)14-27-21(30)24(5,26-22(27)31)17-12-10-16(11-13-17)23(2,3)4/h6-13H,14H2,1-5H3,(H,25,29)(H,26,31)/t24-/m1/s1. The van der Waals surface area contributed by atoms with Gasteiger partial charge >= 0.3 is 6.03 Å². The molecule has 0 bridgehead atoms. The molecular weight excluding hydrogens is 394 g/mol. The maximum atomic E-state index is 13.1. The van der Waals surface area contributed by atoms with Gasteiger partial charge in [-0.3, -0.25) is 19.3 Å². The number of anilines is 1. The van der Waals surface area contributed by atoms with E-state index in [1.54, 1.807) is 31.2 Å². The first-order chi connectivity index (χ1) is 14.4. The SMILES string of the molecule is CC(=O)c1ccccc1NC(=O)CN1C(=O)N[C@](C)(c2ccc(C(C)(C)C)cc2)C1=O. The van der Waals surface area contributed by atoms with Gasteiger partial charge in [0, 0.05) is 5.56 Å². The Kier molecular flexibility index (Phi) is 5.72. The van der Waals surface area contributed by atoms with E-state index in [0.717, 1.165) is 10.5 Å². The van der Waals surface area contributed by atoms with Crippen LogP contribution >= 0.6 is 0 Å². The molecule has 3 rings (SSSR count). The summed E-state index contributed by atoms with van der Waals surface area (Å²) in [6.45, 7) is 8.86. The predicted octanol–water partition coefficient (Wildman–Crippen LogP) is 3.59. The molecule has 4 amide bonds. The minimum Gasteiger partial charge on any atom is -0.324 e. The predicted molar refractivity (Wildman–Crippen MR) is 118 cm³/mol. The highest BCUT2D eigenvalue weighted by Gasteiger charge is 2.49. The average Bonchev–Trinajstić information content (AvgIpc) is 2.91. The van der Waals surface area contributed by atoms with Crippen LogP contribution in [0.5, 0.6) is 0 Å². The van der Waals surface area contributed by atoms with Crippen LogP contribution in [-0.4, -0.2) is 35.1 Å². The van der Waals surface area contributed by atoms with Crippen molar-refractivity contribution in [1.29, 1.82) is 0 Å². The molecule has 2 N–H and O–H groups in total. The first-order valence-electron chi connectivity index (χ1n) is 10.1. The zero-order valence-corrected chi connectivity index (χ0v) is 18.4. The molecule has 162 valence electrons. The number of carbonyl (C=O) groups is 4. The molecule has 1 atom stereocenters. The van der Waals surface area contributed by atoms with Crippen LogP contribution in [-0.2, 0) is 20.5 Å². The smallest absolute Gasteiger partial charge is 0.324 e. The molecular formula is C24H27N3O4. The summed E-state index contributed by atoms with van der Waals surface area (Å²) in [7, 11) is 0. The number of hydrogen-bond donors (Lipinski definition) is 2. The molecule has 1 saturated heterocycles. The fourth-order valence-corrected chi connectivity index (χ4v) is 3.57. The second-order valence-electron chi connectivity index (χ2n) is 8.92. The summed E-state index contributed by atoms with van der Waals surface area (Å²) in [6.07, 6.45) is 0. The Labute approximate surface area is 181 Å². The van der Waals surface area contributed by atoms with E-state index in [4.69, 9.17) is 0 Å². The third kappa shape index (κ3) is 4.35. The van der Waals surface area contributed by atoms with Crippen molar-refractivity contribution in [2.75, 3.05) is 11.9 Å². The fourth-order valence-electron chi connectivity index (χ4n) is 3.57. The van der Waals surface area contributed by atoms with Crippen molar-refractivity contribution in [3.05, 3.63) is 65.2 Å². The van der Waals surface area contributed by atoms with Crippen LogP contribution in [0.15, 0.2) is 48.5 Å². The zero-order valence-electron chi connectivity index (χ0n) is 18.4. The van der Waals surface area contributed by atoms with Crippen molar-refractivity contribution in [1.82, 2.24) is 10.2 Å². The number of Topliss-reactive ketones (excluding diaryl/α,β-unsaturated/α-hetero) is 1. The number of carbonyl (C=O) groups excluding carboxylic acids is 4. The van der Waals surface area contributed by atoms with Crippen LogP contribution < -0.4 is 10.6 Å². The topological polar surface area (TPSA) is 95.6 Å². The van der Waals surface area contributed by atoms with Crippen molar-refractivity contribution in [3.8, 4) is 0 Å². The molecule has 7 nitrogen and oxygen atoms in total. The average molecular weight is 421 g/mol. The van der Waals surface area contributed by atoms with Crippen LogP contribution in [0.1, 0.15) is 56.1 Å². The zero-order chi connectivity index (χ0) is 23.0. The molecule has 0 aliphatic carbocycles. The second-order valence-corrected chi connectivity index (χ2v) is 8.92. The Morgan fingerprint density at radius 2 is 1.65 bits per heavy atom. The van der Waals surface area contributed by atoms with Gasteiger partial charge in [-0.15, -0.1) is 0 Å². The van der Waals surface area contributed by atoms with E-state index in [0.29, 0.717) is 16.8 Å². The Hall–Kier alpha value is -3.48. The number of urea groups is 1. The summed E-state index contributed by atoms with van der Waals surface area (Å²) in [5, 5.41) is 5.32. The number of nitrogens with one attached hydrogen (secondary N) is 2. The molecule has 1 aliphatic rings. The number of nitrogens with zero attached hydrogens (tertiary/aromatic N) is 1. The molecule has 1 aliphatic heterocycles. The molecule has 2 aromatic carbocycles. The van der Waals surface area contributed by atoms with Crippen molar-refractivity contribution in [2.45, 2.75) is 45.6 Å². The molecule has 0 saturated carbocycles. The van der Waals surface area contributed by atoms with Gasteiger partial charge in [-0.1, -0.05) is 57.2 Å². The minimum absolute atomic E-state index is 0.0390. The quantitative estimate of drug-likeness (QED) is 0.570. The normalized spacial score (nSPS) is 18.7. The lowest BCUT2D eigenvalue weighted by molar-refractivity contribution is -0.133. The largest absolute Gasteiger partial charge is 0.325 e. The Morgan fingerprint density at radius 3 is 2.23 bits per heavy atom. The molecule has 31 heavy (non-hydrogen) atoms. The number of amides is 4. The maximum absolute atomic E-state index is 13.1. The molecule has 0 unspecified atom stereocenters. The summed E-state index contributed by atoms with van der Waals surface area (Å²) in [6, 6.07) is 13.5. The van der Waals surface area contributed by atoms with Gasteiger partial charge in [0.05, 0.1) is 5.69 Å². The maximum Gasteiger partial charge on any atom is 0.325 e. The van der Waals surface area contributed by atoms with E-state index in [2.05, 4.69) is 31.4 Å². The van der Waals surface area contributed by atoms with Gasteiger partial charge in [-0.05, 0) is 42.5 Å². The number of para-hydroxylation sites is 1. The van der Waals surface area contributed by atoms with Gasteiger partial charge in [-0.25, -0.2) is 4.79 Å². The first kappa shape index (κ1) is 22.2. The van der Waals surface area contributed by atoms with Crippen LogP contribution in [0.2, 0.25) is 0 Å². The molecule has 0 aromatic heterocycles. The van der Waals surface area contributed by atoms with Gasteiger partial charge in [0.2, 0.25) is 5.91 Å². The summed E-state index contributed by atoms with van der Waals surface area (Å²) < 4.78 is 0. The van der Waals surface area contributed by atoms with E-state index < -0.39 is 29.9 Å². The van der Waals surface area contributed by atoms with Crippen molar-refractivity contribution in [2.24, 2.45) is 0 Å². The van der Waals surface area contributed by atoms with E-state index in [-0.39, 0.29) is 11.2 Å². The molecule has 1 heterocycles. The summed E-state index contributed by atoms with van der Waals surface area (Å²) in [5.74, 6) is -1.27. The number of hydrogen-bond acceptors (Lipinski definition) is 4. The van der Waals surface area contributed by atoms with Gasteiger partial charge in [0.15, 0.2) is 5.78 Å². The fraction of sp³-hybridized carbons (Fsp3) is 0.333. The molecule has 0 spiro atoms. The van der Waals surface area contributed by atoms with E-state index >= 15 is 0 Å². The third-order valence-electron chi connectivity index (χ3n) is 5.49. The van der Waals surface area contributed by atoms with Crippen LogP contribution in [0.3, 0.4) is 0 Å². The Bertz CT molecular complexity index is 1050. The Balaban J connectivity index is 1.77. The van der Waals surface area contributed by atoms with Gasteiger partial charge < -0.3 is 10.6 Å². The molecule has 0 radical (unpaired) electrons. The summed E-state index contributed by atoms with van der Waals surface area (Å²) in [4.78, 5) is 50.8. The van der Waals surface area contributed by atoms with Gasteiger partial charge in [-0.2, -0.15) is 0 Å². The Morgan fingerprint density at radius 1 is 1.03 bits per heavy atom. The highest BCUT2D eigenvalue weighted by Crippen LogP contribution is 2.31. The number of ketones is 1. The third-order valence-corrected chi connectivity index (χ3v) is 5.49. The van der Waals surface area contributed by atoms with Crippen molar-refractivity contribution >= 4 is 29.3 Å². The van der Waals surface area contributed by atoms with Crippen molar-refractivity contribution in [3.63, 3.8) is 0 Å². The lowest BCUT2D eigenvalue weighted by atomic mass is 9.84. The van der Waals surface area contributed by atoms with Crippen LogP contribution in [0.25, 0.3) is 0 Å². The highest BCUT2D eigenvalue weighted by atomic mass is 16.2. The number of imide groups is 1. The van der Waals surface area contributed by atoms with Crippen LogP contribution in [0, 0.1) is 0 Å². The second kappa shape index (κ2) is 7.98. The highest BCUT2D eigenvalue weighted by molar-refractivity contribution is 6.11. The summed E-state index contributed by atoms with van der Waals surface area (Å²) >= 11 is 0. The summed E-state index contributed by atoms with van der Waals surface area (Å²) in [5.41, 5.74) is 1.15.